The number of nitrogens with zero attached hydrogens (tertiary/aromatic N) is 2. The third kappa shape index (κ3) is 4.76. The van der Waals surface area contributed by atoms with Crippen LogP contribution in [-0.2, 0) is 9.59 Å². The van der Waals surface area contributed by atoms with Crippen molar-refractivity contribution in [2.75, 3.05) is 31.5 Å². The summed E-state index contributed by atoms with van der Waals surface area (Å²) in [5, 5.41) is 6.20. The van der Waals surface area contributed by atoms with Crippen LogP contribution in [0.15, 0.2) is 36.5 Å². The highest BCUT2D eigenvalue weighted by Gasteiger charge is 2.14. The fraction of sp³-hybridized carbons (Fsp3) is 0.389. The second-order valence-corrected chi connectivity index (χ2v) is 5.47. The predicted octanol–water partition coefficient (Wildman–Crippen LogP) is 2.02. The number of amides is 2. The van der Waals surface area contributed by atoms with E-state index in [9.17, 15) is 9.59 Å². The monoisotopic (exact) mass is 328 g/mol. The molecule has 0 aliphatic carbocycles. The first-order valence-electron chi connectivity index (χ1n) is 8.31. The summed E-state index contributed by atoms with van der Waals surface area (Å²) in [6.45, 7) is 7.57. The number of aromatic nitrogens is 1. The molecule has 1 aromatic carbocycles. The summed E-state index contributed by atoms with van der Waals surface area (Å²) >= 11 is 0. The van der Waals surface area contributed by atoms with Gasteiger partial charge in [-0.2, -0.15) is 0 Å². The van der Waals surface area contributed by atoms with E-state index in [1.807, 2.05) is 24.3 Å². The number of hydrogen-bond acceptors (Lipinski definition) is 4. The lowest BCUT2D eigenvalue weighted by atomic mass is 10.2. The average molecular weight is 328 g/mol. The van der Waals surface area contributed by atoms with E-state index in [1.54, 1.807) is 12.3 Å². The highest BCUT2D eigenvalue weighted by atomic mass is 16.2. The molecule has 0 saturated heterocycles. The van der Waals surface area contributed by atoms with Gasteiger partial charge in [-0.05, 0) is 38.2 Å². The number of rotatable bonds is 7. The van der Waals surface area contributed by atoms with Gasteiger partial charge in [-0.1, -0.05) is 32.0 Å². The Balaban J connectivity index is 1.86. The standard InChI is InChI=1S/C18H24N4O2/c1-3-22(4-2)13-7-12-20-17(23)18(24)21-15-10-5-8-14-9-6-11-19-16(14)15/h5-6,8-11H,3-4,7,12-13H2,1-2H3,(H,20,23)(H,21,24). The van der Waals surface area contributed by atoms with E-state index in [-0.39, 0.29) is 0 Å². The highest BCUT2D eigenvalue weighted by molar-refractivity contribution is 6.40. The number of pyridine rings is 1. The molecule has 6 nitrogen and oxygen atoms in total. The van der Waals surface area contributed by atoms with Gasteiger partial charge in [0.05, 0.1) is 11.2 Å². The van der Waals surface area contributed by atoms with Crippen LogP contribution in [0.4, 0.5) is 5.69 Å². The molecule has 2 amide bonds. The summed E-state index contributed by atoms with van der Waals surface area (Å²) in [5.41, 5.74) is 1.21. The van der Waals surface area contributed by atoms with E-state index in [0.717, 1.165) is 31.4 Å². The molecule has 0 aliphatic rings. The first kappa shape index (κ1) is 17.9. The number of hydrogen-bond donors (Lipinski definition) is 2. The zero-order valence-electron chi connectivity index (χ0n) is 14.2. The molecule has 1 heterocycles. The van der Waals surface area contributed by atoms with Crippen molar-refractivity contribution < 1.29 is 9.59 Å². The van der Waals surface area contributed by atoms with Crippen LogP contribution in [0.1, 0.15) is 20.3 Å². The molecule has 0 spiro atoms. The van der Waals surface area contributed by atoms with Gasteiger partial charge in [-0.3, -0.25) is 14.6 Å². The minimum atomic E-state index is -0.670. The summed E-state index contributed by atoms with van der Waals surface area (Å²) in [6, 6.07) is 9.20. The van der Waals surface area contributed by atoms with E-state index < -0.39 is 11.8 Å². The van der Waals surface area contributed by atoms with Gasteiger partial charge in [0.1, 0.15) is 0 Å². The molecule has 0 saturated carbocycles. The van der Waals surface area contributed by atoms with Gasteiger partial charge in [-0.25, -0.2) is 0 Å². The zero-order valence-corrected chi connectivity index (χ0v) is 14.2. The van der Waals surface area contributed by atoms with Crippen LogP contribution in [-0.4, -0.2) is 47.9 Å². The van der Waals surface area contributed by atoms with Gasteiger partial charge >= 0.3 is 11.8 Å². The van der Waals surface area contributed by atoms with Gasteiger partial charge < -0.3 is 15.5 Å². The zero-order chi connectivity index (χ0) is 17.4. The molecule has 24 heavy (non-hydrogen) atoms. The SMILES string of the molecule is CCN(CC)CCCNC(=O)C(=O)Nc1cccc2cccnc12. The van der Waals surface area contributed by atoms with Crippen molar-refractivity contribution in [3.63, 3.8) is 0 Å². The second kappa shape index (κ2) is 8.98. The van der Waals surface area contributed by atoms with Crippen molar-refractivity contribution in [2.45, 2.75) is 20.3 Å². The Kier molecular flexibility index (Phi) is 6.69. The largest absolute Gasteiger partial charge is 0.348 e. The predicted molar refractivity (Wildman–Crippen MR) is 95.8 cm³/mol. The quantitative estimate of drug-likeness (QED) is 0.602. The fourth-order valence-electron chi connectivity index (χ4n) is 2.51. The Morgan fingerprint density at radius 2 is 1.83 bits per heavy atom. The molecular weight excluding hydrogens is 304 g/mol. The Morgan fingerprint density at radius 3 is 2.58 bits per heavy atom. The van der Waals surface area contributed by atoms with E-state index in [1.165, 1.54) is 0 Å². The summed E-state index contributed by atoms with van der Waals surface area (Å²) in [7, 11) is 0. The molecule has 0 radical (unpaired) electrons. The molecule has 0 fully saturated rings. The van der Waals surface area contributed by atoms with E-state index in [2.05, 4.69) is 34.4 Å². The van der Waals surface area contributed by atoms with Crippen LogP contribution in [0.25, 0.3) is 10.9 Å². The molecule has 0 aliphatic heterocycles. The van der Waals surface area contributed by atoms with Crippen molar-refractivity contribution in [2.24, 2.45) is 0 Å². The number of anilines is 1. The summed E-state index contributed by atoms with van der Waals surface area (Å²) in [4.78, 5) is 30.5. The van der Waals surface area contributed by atoms with Crippen LogP contribution in [0.3, 0.4) is 0 Å². The average Bonchev–Trinajstić information content (AvgIpc) is 2.62. The second-order valence-electron chi connectivity index (χ2n) is 5.47. The van der Waals surface area contributed by atoms with Crippen molar-refractivity contribution in [3.05, 3.63) is 36.5 Å². The molecule has 2 rings (SSSR count). The third-order valence-electron chi connectivity index (χ3n) is 3.92. The maximum absolute atomic E-state index is 12.0. The first-order chi connectivity index (χ1) is 11.7. The first-order valence-corrected chi connectivity index (χ1v) is 8.31. The number of para-hydroxylation sites is 1. The molecule has 1 aromatic heterocycles. The van der Waals surface area contributed by atoms with Gasteiger partial charge in [0, 0.05) is 18.1 Å². The molecule has 0 bridgehead atoms. The lowest BCUT2D eigenvalue weighted by Gasteiger charge is -2.17. The minimum absolute atomic E-state index is 0.483. The van der Waals surface area contributed by atoms with Crippen LogP contribution in [0.5, 0.6) is 0 Å². The molecule has 0 unspecified atom stereocenters. The van der Waals surface area contributed by atoms with E-state index in [0.29, 0.717) is 17.7 Å². The number of nitrogens with one attached hydrogen (secondary N) is 2. The van der Waals surface area contributed by atoms with Crippen LogP contribution < -0.4 is 10.6 Å². The van der Waals surface area contributed by atoms with Gasteiger partial charge in [-0.15, -0.1) is 0 Å². The van der Waals surface area contributed by atoms with Crippen molar-refractivity contribution in [1.29, 1.82) is 0 Å². The summed E-state index contributed by atoms with van der Waals surface area (Å²) < 4.78 is 0. The van der Waals surface area contributed by atoms with Gasteiger partial charge in [0.25, 0.3) is 0 Å². The lowest BCUT2D eigenvalue weighted by Crippen LogP contribution is -2.37. The smallest absolute Gasteiger partial charge is 0.313 e. The Labute approximate surface area is 142 Å². The molecule has 2 N–H and O–H groups in total. The summed E-state index contributed by atoms with van der Waals surface area (Å²) in [6.07, 6.45) is 2.47. The number of carbonyl (C=O) groups excluding carboxylic acids is 2. The maximum atomic E-state index is 12.0. The molecule has 2 aromatic rings. The topological polar surface area (TPSA) is 74.3 Å². The Bertz CT molecular complexity index is 693. The molecule has 0 atom stereocenters. The number of fused-ring (bicyclic) bond motifs is 1. The summed E-state index contributed by atoms with van der Waals surface area (Å²) in [5.74, 6) is -1.29. The number of benzene rings is 1. The minimum Gasteiger partial charge on any atom is -0.348 e. The lowest BCUT2D eigenvalue weighted by molar-refractivity contribution is -0.136. The van der Waals surface area contributed by atoms with E-state index in [4.69, 9.17) is 0 Å². The Hall–Kier alpha value is -2.47. The van der Waals surface area contributed by atoms with Gasteiger partial charge in [0.2, 0.25) is 0 Å². The third-order valence-corrected chi connectivity index (χ3v) is 3.92. The highest BCUT2D eigenvalue weighted by Crippen LogP contribution is 2.20. The molecular formula is C18H24N4O2. The fourth-order valence-corrected chi connectivity index (χ4v) is 2.51. The van der Waals surface area contributed by atoms with Crippen molar-refractivity contribution in [3.8, 4) is 0 Å². The van der Waals surface area contributed by atoms with Crippen LogP contribution in [0.2, 0.25) is 0 Å². The molecule has 128 valence electrons. The van der Waals surface area contributed by atoms with E-state index >= 15 is 0 Å². The van der Waals surface area contributed by atoms with Crippen molar-refractivity contribution in [1.82, 2.24) is 15.2 Å². The normalized spacial score (nSPS) is 10.8. The van der Waals surface area contributed by atoms with Crippen LogP contribution >= 0.6 is 0 Å². The number of carbonyl (C=O) groups is 2. The van der Waals surface area contributed by atoms with Crippen LogP contribution in [0, 0.1) is 0 Å². The van der Waals surface area contributed by atoms with Crippen molar-refractivity contribution >= 4 is 28.4 Å². The Morgan fingerprint density at radius 1 is 1.08 bits per heavy atom. The maximum Gasteiger partial charge on any atom is 0.313 e. The van der Waals surface area contributed by atoms with Gasteiger partial charge in [0.15, 0.2) is 0 Å². The molecule has 6 heteroatoms.